The van der Waals surface area contributed by atoms with E-state index in [1.165, 1.54) is 6.26 Å². The van der Waals surface area contributed by atoms with Gasteiger partial charge in [0.15, 0.2) is 0 Å². The van der Waals surface area contributed by atoms with E-state index in [0.29, 0.717) is 5.76 Å². The summed E-state index contributed by atoms with van der Waals surface area (Å²) in [4.78, 5) is 12.2. The van der Waals surface area contributed by atoms with Gasteiger partial charge in [-0.1, -0.05) is 30.3 Å². The molecule has 1 amide bonds. The molecule has 118 valence electrons. The highest BCUT2D eigenvalue weighted by Crippen LogP contribution is 2.05. The third-order valence-electron chi connectivity index (χ3n) is 2.97. The number of hydrogen-bond donors (Lipinski definition) is 2. The van der Waals surface area contributed by atoms with Gasteiger partial charge in [0.2, 0.25) is 15.9 Å². The van der Waals surface area contributed by atoms with Crippen LogP contribution in [0.15, 0.2) is 53.1 Å². The molecule has 22 heavy (non-hydrogen) atoms. The number of furan rings is 1. The van der Waals surface area contributed by atoms with Crippen molar-refractivity contribution in [3.8, 4) is 0 Å². The SMILES string of the molecule is CS(=O)(=O)N[C@@H](Cc1ccccc1)C(=O)NCc1ccco1. The van der Waals surface area contributed by atoms with Crippen molar-refractivity contribution in [1.29, 1.82) is 0 Å². The minimum absolute atomic E-state index is 0.211. The van der Waals surface area contributed by atoms with Crippen LogP contribution in [0.5, 0.6) is 0 Å². The van der Waals surface area contributed by atoms with Crippen LogP contribution in [0.25, 0.3) is 0 Å². The van der Waals surface area contributed by atoms with Gasteiger partial charge in [-0.05, 0) is 24.1 Å². The lowest BCUT2D eigenvalue weighted by Crippen LogP contribution is -2.47. The highest BCUT2D eigenvalue weighted by atomic mass is 32.2. The van der Waals surface area contributed by atoms with E-state index in [1.807, 2.05) is 30.3 Å². The summed E-state index contributed by atoms with van der Waals surface area (Å²) < 4.78 is 30.4. The predicted molar refractivity (Wildman–Crippen MR) is 82.5 cm³/mol. The molecule has 0 saturated heterocycles. The van der Waals surface area contributed by atoms with Crippen LogP contribution in [0.1, 0.15) is 11.3 Å². The molecule has 0 saturated carbocycles. The summed E-state index contributed by atoms with van der Waals surface area (Å²) in [5, 5.41) is 2.67. The van der Waals surface area contributed by atoms with E-state index in [0.717, 1.165) is 11.8 Å². The average Bonchev–Trinajstić information content (AvgIpc) is 2.97. The second-order valence-electron chi connectivity index (χ2n) is 4.93. The molecular weight excluding hydrogens is 304 g/mol. The number of amides is 1. The summed E-state index contributed by atoms with van der Waals surface area (Å²) in [6.45, 7) is 0.211. The van der Waals surface area contributed by atoms with Crippen LogP contribution < -0.4 is 10.0 Å². The molecule has 7 heteroatoms. The number of hydrogen-bond acceptors (Lipinski definition) is 4. The van der Waals surface area contributed by atoms with Crippen LogP contribution in [0.3, 0.4) is 0 Å². The van der Waals surface area contributed by atoms with Crippen molar-refractivity contribution >= 4 is 15.9 Å². The number of nitrogens with one attached hydrogen (secondary N) is 2. The van der Waals surface area contributed by atoms with Crippen molar-refractivity contribution in [3.63, 3.8) is 0 Å². The fourth-order valence-electron chi connectivity index (χ4n) is 2.01. The normalized spacial score (nSPS) is 12.8. The molecule has 0 unspecified atom stereocenters. The summed E-state index contributed by atoms with van der Waals surface area (Å²) in [6, 6.07) is 11.8. The molecule has 0 aliphatic carbocycles. The zero-order valence-corrected chi connectivity index (χ0v) is 13.0. The Kier molecular flexibility index (Phi) is 5.35. The number of carbonyl (C=O) groups is 1. The smallest absolute Gasteiger partial charge is 0.238 e. The van der Waals surface area contributed by atoms with E-state index in [-0.39, 0.29) is 13.0 Å². The van der Waals surface area contributed by atoms with Gasteiger partial charge in [-0.25, -0.2) is 13.1 Å². The third-order valence-corrected chi connectivity index (χ3v) is 3.69. The maximum atomic E-state index is 12.2. The molecule has 2 aromatic rings. The van der Waals surface area contributed by atoms with Crippen molar-refractivity contribution in [2.24, 2.45) is 0 Å². The van der Waals surface area contributed by atoms with Gasteiger partial charge < -0.3 is 9.73 Å². The van der Waals surface area contributed by atoms with E-state index in [9.17, 15) is 13.2 Å². The molecule has 2 rings (SSSR count). The Balaban J connectivity index is 2.04. The molecule has 1 heterocycles. The standard InChI is InChI=1S/C15H18N2O4S/c1-22(19,20)17-14(10-12-6-3-2-4-7-12)15(18)16-11-13-8-5-9-21-13/h2-9,14,17H,10-11H2,1H3,(H,16,18)/t14-/m0/s1. The first-order valence-electron chi connectivity index (χ1n) is 6.75. The predicted octanol–water partition coefficient (Wildman–Crippen LogP) is 1.06. The lowest BCUT2D eigenvalue weighted by Gasteiger charge is -2.17. The molecule has 0 bridgehead atoms. The van der Waals surface area contributed by atoms with Gasteiger partial charge in [0.1, 0.15) is 11.8 Å². The van der Waals surface area contributed by atoms with E-state index >= 15 is 0 Å². The first kappa shape index (κ1) is 16.3. The first-order chi connectivity index (χ1) is 10.4. The Morgan fingerprint density at radius 2 is 1.91 bits per heavy atom. The Hall–Kier alpha value is -2.12. The maximum Gasteiger partial charge on any atom is 0.238 e. The molecule has 1 aromatic heterocycles. The van der Waals surface area contributed by atoms with Crippen LogP contribution >= 0.6 is 0 Å². The molecule has 0 aliphatic rings. The van der Waals surface area contributed by atoms with Gasteiger partial charge in [0, 0.05) is 0 Å². The highest BCUT2D eigenvalue weighted by Gasteiger charge is 2.22. The molecule has 1 atom stereocenters. The number of sulfonamides is 1. The monoisotopic (exact) mass is 322 g/mol. The van der Waals surface area contributed by atoms with Gasteiger partial charge in [-0.2, -0.15) is 0 Å². The molecule has 0 radical (unpaired) electrons. The Bertz CT molecular complexity index is 696. The van der Waals surface area contributed by atoms with Crippen molar-refractivity contribution in [3.05, 3.63) is 60.1 Å². The molecule has 0 aliphatic heterocycles. The fraction of sp³-hybridized carbons (Fsp3) is 0.267. The van der Waals surface area contributed by atoms with Gasteiger partial charge in [-0.15, -0.1) is 0 Å². The number of rotatable bonds is 7. The largest absolute Gasteiger partial charge is 0.467 e. The Morgan fingerprint density at radius 1 is 1.18 bits per heavy atom. The minimum Gasteiger partial charge on any atom is -0.467 e. The average molecular weight is 322 g/mol. The topological polar surface area (TPSA) is 88.4 Å². The molecule has 6 nitrogen and oxygen atoms in total. The van der Waals surface area contributed by atoms with Gasteiger partial charge in [-0.3, -0.25) is 4.79 Å². The summed E-state index contributed by atoms with van der Waals surface area (Å²) in [6.07, 6.45) is 2.82. The molecule has 2 N–H and O–H groups in total. The zero-order chi connectivity index (χ0) is 16.0. The van der Waals surface area contributed by atoms with Crippen molar-refractivity contribution in [2.75, 3.05) is 6.26 Å². The Labute approximate surface area is 129 Å². The van der Waals surface area contributed by atoms with Gasteiger partial charge in [0.05, 0.1) is 19.1 Å². The van der Waals surface area contributed by atoms with Crippen LogP contribution in [-0.2, 0) is 27.8 Å². The number of carbonyl (C=O) groups excluding carboxylic acids is 1. The summed E-state index contributed by atoms with van der Waals surface area (Å²) >= 11 is 0. The van der Waals surface area contributed by atoms with Crippen LogP contribution in [0.4, 0.5) is 0 Å². The second-order valence-corrected chi connectivity index (χ2v) is 6.71. The van der Waals surface area contributed by atoms with Crippen molar-refractivity contribution in [1.82, 2.24) is 10.0 Å². The summed E-state index contributed by atoms with van der Waals surface area (Å²) in [5.41, 5.74) is 0.872. The molecule has 0 fully saturated rings. The quantitative estimate of drug-likeness (QED) is 0.798. The second kappa shape index (κ2) is 7.24. The highest BCUT2D eigenvalue weighted by molar-refractivity contribution is 7.88. The van der Waals surface area contributed by atoms with E-state index in [2.05, 4.69) is 10.0 Å². The summed E-state index contributed by atoms with van der Waals surface area (Å²) in [5.74, 6) is 0.205. The van der Waals surface area contributed by atoms with Gasteiger partial charge in [0.25, 0.3) is 0 Å². The van der Waals surface area contributed by atoms with E-state index in [4.69, 9.17) is 4.42 Å². The van der Waals surface area contributed by atoms with Crippen LogP contribution in [0.2, 0.25) is 0 Å². The summed E-state index contributed by atoms with van der Waals surface area (Å²) in [7, 11) is -3.49. The van der Waals surface area contributed by atoms with Gasteiger partial charge >= 0.3 is 0 Å². The Morgan fingerprint density at radius 3 is 2.50 bits per heavy atom. The molecule has 1 aromatic carbocycles. The number of benzene rings is 1. The van der Waals surface area contributed by atoms with Crippen molar-refractivity contribution in [2.45, 2.75) is 19.0 Å². The zero-order valence-electron chi connectivity index (χ0n) is 12.2. The molecule has 0 spiro atoms. The van der Waals surface area contributed by atoms with E-state index in [1.54, 1.807) is 12.1 Å². The lowest BCUT2D eigenvalue weighted by atomic mass is 10.1. The van der Waals surface area contributed by atoms with Crippen LogP contribution in [-0.4, -0.2) is 26.6 Å². The van der Waals surface area contributed by atoms with Crippen molar-refractivity contribution < 1.29 is 17.6 Å². The molecular formula is C15H18N2O4S. The van der Waals surface area contributed by atoms with E-state index < -0.39 is 22.0 Å². The fourth-order valence-corrected chi connectivity index (χ4v) is 2.71. The lowest BCUT2D eigenvalue weighted by molar-refractivity contribution is -0.122. The minimum atomic E-state index is -3.49. The third kappa shape index (κ3) is 5.34. The first-order valence-corrected chi connectivity index (χ1v) is 8.64. The van der Waals surface area contributed by atoms with Crippen LogP contribution in [0, 0.1) is 0 Å². The maximum absolute atomic E-state index is 12.2.